The average molecular weight is 275 g/mol. The van der Waals surface area contributed by atoms with Crippen molar-refractivity contribution in [3.63, 3.8) is 0 Å². The Balaban J connectivity index is 1.83. The fraction of sp³-hybridized carbons (Fsp3) is 0.562. The molecule has 1 aromatic carbocycles. The van der Waals surface area contributed by atoms with Crippen molar-refractivity contribution in [3.05, 3.63) is 35.4 Å². The van der Waals surface area contributed by atoms with Gasteiger partial charge < -0.3 is 16.3 Å². The number of benzene rings is 1. The Bertz CT molecular complexity index is 455. The van der Waals surface area contributed by atoms with Crippen LogP contribution in [0, 0.1) is 5.41 Å². The molecule has 1 aliphatic rings. The van der Waals surface area contributed by atoms with Crippen LogP contribution in [0.15, 0.2) is 29.4 Å². The highest BCUT2D eigenvalue weighted by Crippen LogP contribution is 2.35. The maximum Gasteiger partial charge on any atom is 0.170 e. The molecule has 4 nitrogen and oxygen atoms in total. The molecule has 4 heteroatoms. The summed E-state index contributed by atoms with van der Waals surface area (Å²) in [5.74, 6) is 0.152. The number of amidine groups is 1. The largest absolute Gasteiger partial charge is 0.409 e. The van der Waals surface area contributed by atoms with Crippen molar-refractivity contribution in [2.75, 3.05) is 0 Å². The molecular formula is C16H25N3O. The zero-order chi connectivity index (χ0) is 14.6. The standard InChI is InChI=1S/C16H25N3O/c1-16(2)9-7-14(8-10-16)18-11-12-3-5-13(6-4-12)15(17)19-20/h3-6,14,18,20H,7-11H2,1-2H3,(H2,17,19). The summed E-state index contributed by atoms with van der Waals surface area (Å²) >= 11 is 0. The first-order valence-corrected chi connectivity index (χ1v) is 7.30. The number of hydrogen-bond donors (Lipinski definition) is 3. The van der Waals surface area contributed by atoms with Crippen LogP contribution in [-0.4, -0.2) is 17.1 Å². The molecule has 4 N–H and O–H groups in total. The molecule has 0 radical (unpaired) electrons. The lowest BCUT2D eigenvalue weighted by molar-refractivity contribution is 0.206. The molecule has 1 aromatic rings. The summed E-state index contributed by atoms with van der Waals surface area (Å²) in [5.41, 5.74) is 8.03. The maximum atomic E-state index is 8.62. The quantitative estimate of drug-likeness (QED) is 0.342. The molecule has 0 aliphatic heterocycles. The predicted octanol–water partition coefficient (Wildman–Crippen LogP) is 2.84. The summed E-state index contributed by atoms with van der Waals surface area (Å²) < 4.78 is 0. The van der Waals surface area contributed by atoms with E-state index in [9.17, 15) is 0 Å². The van der Waals surface area contributed by atoms with Gasteiger partial charge in [-0.15, -0.1) is 0 Å². The number of oxime groups is 1. The van der Waals surface area contributed by atoms with Gasteiger partial charge in [-0.05, 0) is 36.7 Å². The highest BCUT2D eigenvalue weighted by Gasteiger charge is 2.26. The second kappa shape index (κ2) is 6.27. The van der Waals surface area contributed by atoms with Gasteiger partial charge in [0.2, 0.25) is 0 Å². The van der Waals surface area contributed by atoms with Gasteiger partial charge in [-0.3, -0.25) is 0 Å². The second-order valence-corrected chi connectivity index (χ2v) is 6.50. The van der Waals surface area contributed by atoms with Gasteiger partial charge in [0.25, 0.3) is 0 Å². The third-order valence-corrected chi connectivity index (χ3v) is 4.29. The Labute approximate surface area is 121 Å². The molecule has 1 fully saturated rings. The van der Waals surface area contributed by atoms with Crippen molar-refractivity contribution < 1.29 is 5.21 Å². The lowest BCUT2D eigenvalue weighted by atomic mass is 9.75. The zero-order valence-corrected chi connectivity index (χ0v) is 12.4. The third-order valence-electron chi connectivity index (χ3n) is 4.29. The smallest absolute Gasteiger partial charge is 0.170 e. The Morgan fingerprint density at radius 1 is 1.30 bits per heavy atom. The van der Waals surface area contributed by atoms with Crippen LogP contribution in [-0.2, 0) is 6.54 Å². The van der Waals surface area contributed by atoms with Crippen molar-refractivity contribution in [2.45, 2.75) is 52.1 Å². The van der Waals surface area contributed by atoms with Crippen molar-refractivity contribution in [3.8, 4) is 0 Å². The van der Waals surface area contributed by atoms with E-state index in [0.717, 1.165) is 12.1 Å². The van der Waals surface area contributed by atoms with E-state index in [4.69, 9.17) is 10.9 Å². The maximum absolute atomic E-state index is 8.62. The monoisotopic (exact) mass is 275 g/mol. The van der Waals surface area contributed by atoms with Gasteiger partial charge in [0.1, 0.15) is 0 Å². The normalized spacial score (nSPS) is 20.0. The minimum atomic E-state index is 0.152. The summed E-state index contributed by atoms with van der Waals surface area (Å²) in [7, 11) is 0. The zero-order valence-electron chi connectivity index (χ0n) is 12.4. The second-order valence-electron chi connectivity index (χ2n) is 6.50. The molecule has 0 amide bonds. The number of nitrogens with two attached hydrogens (primary N) is 1. The van der Waals surface area contributed by atoms with E-state index in [1.165, 1.54) is 31.2 Å². The fourth-order valence-corrected chi connectivity index (χ4v) is 2.72. The van der Waals surface area contributed by atoms with E-state index < -0.39 is 0 Å². The van der Waals surface area contributed by atoms with Gasteiger partial charge in [-0.1, -0.05) is 43.3 Å². The minimum absolute atomic E-state index is 0.152. The molecule has 1 saturated carbocycles. The highest BCUT2D eigenvalue weighted by atomic mass is 16.4. The molecule has 2 rings (SSSR count). The topological polar surface area (TPSA) is 70.6 Å². The van der Waals surface area contributed by atoms with Crippen molar-refractivity contribution >= 4 is 5.84 Å². The molecule has 0 bridgehead atoms. The van der Waals surface area contributed by atoms with Crippen LogP contribution in [0.3, 0.4) is 0 Å². The van der Waals surface area contributed by atoms with E-state index in [1.54, 1.807) is 0 Å². The third kappa shape index (κ3) is 3.97. The minimum Gasteiger partial charge on any atom is -0.409 e. The summed E-state index contributed by atoms with van der Waals surface area (Å²) in [4.78, 5) is 0. The molecule has 1 aliphatic carbocycles. The van der Waals surface area contributed by atoms with E-state index in [2.05, 4.69) is 24.3 Å². The lowest BCUT2D eigenvalue weighted by Crippen LogP contribution is -2.35. The van der Waals surface area contributed by atoms with Gasteiger partial charge in [0, 0.05) is 18.2 Å². The van der Waals surface area contributed by atoms with Crippen LogP contribution < -0.4 is 11.1 Å². The van der Waals surface area contributed by atoms with Crippen molar-refractivity contribution in [1.29, 1.82) is 0 Å². The fourth-order valence-electron chi connectivity index (χ4n) is 2.72. The first-order chi connectivity index (χ1) is 9.50. The van der Waals surface area contributed by atoms with Crippen LogP contribution in [0.25, 0.3) is 0 Å². The van der Waals surface area contributed by atoms with Gasteiger partial charge in [-0.25, -0.2) is 0 Å². The summed E-state index contributed by atoms with van der Waals surface area (Å²) in [6.07, 6.45) is 5.12. The van der Waals surface area contributed by atoms with E-state index in [1.807, 2.05) is 24.3 Å². The molecule has 0 atom stereocenters. The summed E-state index contributed by atoms with van der Waals surface area (Å²) in [5, 5.41) is 15.3. The Kier molecular flexibility index (Phi) is 4.65. The SMILES string of the molecule is CC1(C)CCC(NCc2ccc(C(N)=NO)cc2)CC1. The van der Waals surface area contributed by atoms with Crippen LogP contribution in [0.4, 0.5) is 0 Å². The number of hydrogen-bond acceptors (Lipinski definition) is 3. The van der Waals surface area contributed by atoms with Crippen LogP contribution in [0.5, 0.6) is 0 Å². The van der Waals surface area contributed by atoms with Gasteiger partial charge in [0.05, 0.1) is 0 Å². The Morgan fingerprint density at radius 3 is 2.45 bits per heavy atom. The van der Waals surface area contributed by atoms with E-state index in [-0.39, 0.29) is 5.84 Å². The van der Waals surface area contributed by atoms with Crippen LogP contribution in [0.2, 0.25) is 0 Å². The molecule has 0 spiro atoms. The average Bonchev–Trinajstić information content (AvgIpc) is 2.46. The molecule has 20 heavy (non-hydrogen) atoms. The van der Waals surface area contributed by atoms with Gasteiger partial charge in [0.15, 0.2) is 5.84 Å². The van der Waals surface area contributed by atoms with Gasteiger partial charge >= 0.3 is 0 Å². The van der Waals surface area contributed by atoms with Crippen LogP contribution >= 0.6 is 0 Å². The highest BCUT2D eigenvalue weighted by molar-refractivity contribution is 5.96. The summed E-state index contributed by atoms with van der Waals surface area (Å²) in [6, 6.07) is 8.44. The lowest BCUT2D eigenvalue weighted by Gasteiger charge is -2.34. The van der Waals surface area contributed by atoms with Gasteiger partial charge in [-0.2, -0.15) is 0 Å². The molecule has 0 unspecified atom stereocenters. The Morgan fingerprint density at radius 2 is 1.90 bits per heavy atom. The van der Waals surface area contributed by atoms with Crippen LogP contribution in [0.1, 0.15) is 50.7 Å². The number of rotatable bonds is 4. The van der Waals surface area contributed by atoms with Crippen molar-refractivity contribution in [1.82, 2.24) is 5.32 Å². The first-order valence-electron chi connectivity index (χ1n) is 7.30. The molecular weight excluding hydrogens is 250 g/mol. The predicted molar refractivity (Wildman–Crippen MR) is 81.8 cm³/mol. The number of nitrogens with zero attached hydrogens (tertiary/aromatic N) is 1. The van der Waals surface area contributed by atoms with E-state index >= 15 is 0 Å². The summed E-state index contributed by atoms with van der Waals surface area (Å²) in [6.45, 7) is 5.59. The van der Waals surface area contributed by atoms with Crippen molar-refractivity contribution in [2.24, 2.45) is 16.3 Å². The Hall–Kier alpha value is -1.55. The molecule has 110 valence electrons. The first kappa shape index (κ1) is 14.9. The molecule has 0 aromatic heterocycles. The number of nitrogens with one attached hydrogen (secondary N) is 1. The molecule has 0 saturated heterocycles. The molecule has 0 heterocycles. The van der Waals surface area contributed by atoms with E-state index in [0.29, 0.717) is 11.5 Å².